The lowest BCUT2D eigenvalue weighted by atomic mass is 10.1. The Morgan fingerprint density at radius 1 is 0.980 bits per heavy atom. The second-order valence-corrected chi connectivity index (χ2v) is 13.4. The molecular formula is C33H41N6O11P. The zero-order chi connectivity index (χ0) is 37.0. The predicted molar refractivity (Wildman–Crippen MR) is 183 cm³/mol. The molecule has 1 saturated heterocycles. The van der Waals surface area contributed by atoms with Crippen molar-refractivity contribution in [2.45, 2.75) is 97.2 Å². The van der Waals surface area contributed by atoms with E-state index in [2.05, 4.69) is 15.0 Å². The molecule has 51 heavy (non-hydrogen) atoms. The van der Waals surface area contributed by atoms with Gasteiger partial charge in [-0.15, -0.1) is 0 Å². The standard InChI is InChI=1S/C33H41N6O11P/c1-7-24(40)45-28-27(47-32(29(28)46-25(41)8-2)38-17-37-26-30(34)35-16-36-31(26)38)20(6)49-51(43,44)50-33(42)19(5)39(48-18(3)4)23-15-11-13-21-12-9-10-14-22(21)23/h9-20,27-29,32H,7-8H2,1-6H3,(H,43,44)(H2,34,35,36)/t19-,20-,27+,28+,29+,32+/m0/s1. The van der Waals surface area contributed by atoms with Crippen molar-refractivity contribution < 1.29 is 51.9 Å². The molecule has 0 amide bonds. The summed E-state index contributed by atoms with van der Waals surface area (Å²) < 4.78 is 43.0. The minimum Gasteiger partial charge on any atom is -0.455 e. The molecule has 0 saturated carbocycles. The molecule has 1 fully saturated rings. The number of nitrogens with two attached hydrogens (primary N) is 1. The Balaban J connectivity index is 1.41. The van der Waals surface area contributed by atoms with Gasteiger partial charge in [-0.25, -0.2) is 29.4 Å². The molecule has 3 heterocycles. The molecule has 0 spiro atoms. The highest BCUT2D eigenvalue weighted by Crippen LogP contribution is 2.48. The first-order chi connectivity index (χ1) is 24.2. The number of fused-ring (bicyclic) bond motifs is 2. The summed E-state index contributed by atoms with van der Waals surface area (Å²) in [5.74, 6) is -2.37. The molecule has 0 aliphatic carbocycles. The van der Waals surface area contributed by atoms with E-state index in [0.717, 1.165) is 10.8 Å². The van der Waals surface area contributed by atoms with Gasteiger partial charge in [0.2, 0.25) is 0 Å². The average Bonchev–Trinajstić information content (AvgIpc) is 3.68. The Kier molecular flexibility index (Phi) is 11.6. The van der Waals surface area contributed by atoms with Crippen molar-refractivity contribution in [1.82, 2.24) is 19.5 Å². The summed E-state index contributed by atoms with van der Waals surface area (Å²) in [4.78, 5) is 68.0. The topological polar surface area (TPSA) is 217 Å². The van der Waals surface area contributed by atoms with E-state index < -0.39 is 62.4 Å². The smallest absolute Gasteiger partial charge is 0.455 e. The second-order valence-electron chi connectivity index (χ2n) is 12.0. The highest BCUT2D eigenvalue weighted by molar-refractivity contribution is 7.48. The maximum Gasteiger partial charge on any atom is 0.530 e. The Morgan fingerprint density at radius 2 is 1.65 bits per heavy atom. The van der Waals surface area contributed by atoms with E-state index in [-0.39, 0.29) is 35.9 Å². The van der Waals surface area contributed by atoms with E-state index in [1.54, 1.807) is 39.8 Å². The van der Waals surface area contributed by atoms with Crippen molar-refractivity contribution in [3.05, 3.63) is 55.1 Å². The summed E-state index contributed by atoms with van der Waals surface area (Å²) >= 11 is 0. The molecular weight excluding hydrogens is 687 g/mol. The molecule has 274 valence electrons. The lowest BCUT2D eigenvalue weighted by Gasteiger charge is -2.32. The minimum absolute atomic E-state index is 0.0233. The van der Waals surface area contributed by atoms with Gasteiger partial charge in [0, 0.05) is 18.2 Å². The maximum absolute atomic E-state index is 13.5. The van der Waals surface area contributed by atoms with Gasteiger partial charge in [0.1, 0.15) is 17.9 Å². The first-order valence-electron chi connectivity index (χ1n) is 16.4. The van der Waals surface area contributed by atoms with E-state index in [1.165, 1.54) is 36.1 Å². The van der Waals surface area contributed by atoms with E-state index in [1.807, 2.05) is 30.3 Å². The number of imidazole rings is 1. The van der Waals surface area contributed by atoms with Crippen LogP contribution in [0.1, 0.15) is 60.6 Å². The number of hydroxylamine groups is 1. The fraction of sp³-hybridized carbons (Fsp3) is 0.455. The Morgan fingerprint density at radius 3 is 2.33 bits per heavy atom. The quantitative estimate of drug-likeness (QED) is 0.105. The van der Waals surface area contributed by atoms with Crippen LogP contribution in [0.2, 0.25) is 0 Å². The minimum atomic E-state index is -5.19. The summed E-state index contributed by atoms with van der Waals surface area (Å²) in [6.07, 6.45) is -4.47. The van der Waals surface area contributed by atoms with Gasteiger partial charge in [-0.3, -0.25) is 28.4 Å². The number of anilines is 2. The molecule has 1 aliphatic heterocycles. The summed E-state index contributed by atoms with van der Waals surface area (Å²) in [5, 5.41) is 2.98. The van der Waals surface area contributed by atoms with Gasteiger partial charge in [-0.1, -0.05) is 50.2 Å². The van der Waals surface area contributed by atoms with Gasteiger partial charge in [0.15, 0.2) is 35.9 Å². The van der Waals surface area contributed by atoms with Crippen LogP contribution in [-0.4, -0.2) is 78.9 Å². The Labute approximate surface area is 293 Å². The van der Waals surface area contributed by atoms with Crippen LogP contribution in [-0.2, 0) is 47.0 Å². The monoisotopic (exact) mass is 728 g/mol. The summed E-state index contributed by atoms with van der Waals surface area (Å²) in [6, 6.07) is 11.7. The van der Waals surface area contributed by atoms with Crippen LogP contribution in [0.25, 0.3) is 21.9 Å². The number of carbonyl (C=O) groups is 3. The maximum atomic E-state index is 13.5. The first kappa shape index (κ1) is 37.6. The van der Waals surface area contributed by atoms with Gasteiger partial charge >= 0.3 is 25.7 Å². The Bertz CT molecular complexity index is 1930. The summed E-state index contributed by atoms with van der Waals surface area (Å²) in [5.41, 5.74) is 6.95. The summed E-state index contributed by atoms with van der Waals surface area (Å²) in [6.45, 7) is 9.50. The van der Waals surface area contributed by atoms with Crippen LogP contribution in [0.3, 0.4) is 0 Å². The van der Waals surface area contributed by atoms with Gasteiger partial charge in [0.25, 0.3) is 0 Å². The number of esters is 2. The number of phosphoric acid groups is 1. The van der Waals surface area contributed by atoms with E-state index in [9.17, 15) is 23.8 Å². The SMILES string of the molecule is CCC(=O)O[C@H]1[C@@H](OC(=O)CC)[C@H](n2cnc3c(N)ncnc32)O[C@@H]1[C@H](C)OP(=O)(O)OC(=O)[C@H](C)N(OC(C)C)c1cccc2ccccc12. The normalized spacial score (nSPS) is 21.3. The van der Waals surface area contributed by atoms with Gasteiger partial charge in [-0.05, 0) is 39.1 Å². The number of hydrogen-bond donors (Lipinski definition) is 2. The van der Waals surface area contributed by atoms with Crippen molar-refractivity contribution in [3.8, 4) is 0 Å². The molecule has 0 bridgehead atoms. The third-order valence-electron chi connectivity index (χ3n) is 7.99. The molecule has 2 aromatic heterocycles. The fourth-order valence-corrected chi connectivity index (χ4v) is 6.58. The molecule has 4 aromatic rings. The van der Waals surface area contributed by atoms with E-state index in [0.29, 0.717) is 5.69 Å². The first-order valence-corrected chi connectivity index (χ1v) is 17.9. The van der Waals surface area contributed by atoms with Crippen LogP contribution in [0.15, 0.2) is 55.1 Å². The number of nitrogens with zero attached hydrogens (tertiary/aromatic N) is 5. The van der Waals surface area contributed by atoms with E-state index in [4.69, 9.17) is 33.8 Å². The molecule has 0 radical (unpaired) electrons. The third-order valence-corrected chi connectivity index (χ3v) is 9.00. The molecule has 1 unspecified atom stereocenters. The lowest BCUT2D eigenvalue weighted by Crippen LogP contribution is -2.44. The van der Waals surface area contributed by atoms with Gasteiger partial charge < -0.3 is 24.5 Å². The average molecular weight is 729 g/mol. The fourth-order valence-electron chi connectivity index (χ4n) is 5.61. The number of benzene rings is 2. The van der Waals surface area contributed by atoms with Crippen LogP contribution in [0.4, 0.5) is 11.5 Å². The number of nitrogen functional groups attached to an aromatic ring is 1. The molecule has 17 nitrogen and oxygen atoms in total. The van der Waals surface area contributed by atoms with Crippen LogP contribution < -0.4 is 10.8 Å². The van der Waals surface area contributed by atoms with Gasteiger partial charge in [-0.2, -0.15) is 0 Å². The third kappa shape index (κ3) is 8.29. The zero-order valence-corrected chi connectivity index (χ0v) is 29.8. The van der Waals surface area contributed by atoms with Crippen molar-refractivity contribution in [2.24, 2.45) is 0 Å². The molecule has 5 rings (SSSR count). The second kappa shape index (κ2) is 15.7. The number of ether oxygens (including phenoxy) is 3. The van der Waals surface area contributed by atoms with Crippen molar-refractivity contribution in [3.63, 3.8) is 0 Å². The van der Waals surface area contributed by atoms with E-state index >= 15 is 0 Å². The van der Waals surface area contributed by atoms with Crippen LogP contribution >= 0.6 is 7.82 Å². The number of carbonyl (C=O) groups excluding carboxylic acids is 3. The number of phosphoric ester groups is 1. The lowest BCUT2D eigenvalue weighted by molar-refractivity contribution is -0.168. The molecule has 2 aromatic carbocycles. The number of hydrogen-bond acceptors (Lipinski definition) is 15. The predicted octanol–water partition coefficient (Wildman–Crippen LogP) is 4.39. The van der Waals surface area contributed by atoms with Crippen molar-refractivity contribution in [2.75, 3.05) is 10.8 Å². The molecule has 3 N–H and O–H groups in total. The summed E-state index contributed by atoms with van der Waals surface area (Å²) in [7, 11) is -5.19. The van der Waals surface area contributed by atoms with Crippen LogP contribution in [0.5, 0.6) is 0 Å². The molecule has 7 atom stereocenters. The van der Waals surface area contributed by atoms with Crippen LogP contribution in [0, 0.1) is 0 Å². The zero-order valence-electron chi connectivity index (χ0n) is 28.9. The molecule has 1 aliphatic rings. The van der Waals surface area contributed by atoms with Crippen molar-refractivity contribution in [1.29, 1.82) is 0 Å². The number of aromatic nitrogens is 4. The highest BCUT2D eigenvalue weighted by atomic mass is 31.2. The largest absolute Gasteiger partial charge is 0.530 e. The van der Waals surface area contributed by atoms with Gasteiger partial charge in [0.05, 0.1) is 24.2 Å². The number of rotatable bonds is 14. The highest BCUT2D eigenvalue weighted by Gasteiger charge is 2.54. The molecule has 18 heteroatoms. The van der Waals surface area contributed by atoms with Crippen molar-refractivity contribution >= 4 is 59.2 Å². The Hall–Kier alpha value is -4.67.